The minimum atomic E-state index is 0.941. The van der Waals surface area contributed by atoms with Gasteiger partial charge in [0.1, 0.15) is 0 Å². The molecule has 2 N–H and O–H groups in total. The smallest absolute Gasteiger partial charge is 0.00768 e. The SMILES string of the molecule is CCCNCCNCC1CCSC1. The van der Waals surface area contributed by atoms with Crippen LogP contribution >= 0.6 is 11.8 Å². The predicted molar refractivity (Wildman–Crippen MR) is 61.5 cm³/mol. The molecule has 1 unspecified atom stereocenters. The van der Waals surface area contributed by atoms with Gasteiger partial charge in [-0.2, -0.15) is 11.8 Å². The molecule has 13 heavy (non-hydrogen) atoms. The van der Waals surface area contributed by atoms with Gasteiger partial charge in [0.2, 0.25) is 0 Å². The Labute approximate surface area is 86.2 Å². The quantitative estimate of drug-likeness (QED) is 0.609. The van der Waals surface area contributed by atoms with Crippen LogP contribution in [-0.4, -0.2) is 37.7 Å². The molecular formula is C10H22N2S. The van der Waals surface area contributed by atoms with Gasteiger partial charge in [0.15, 0.2) is 0 Å². The van der Waals surface area contributed by atoms with E-state index in [4.69, 9.17) is 0 Å². The highest BCUT2D eigenvalue weighted by Gasteiger charge is 2.13. The van der Waals surface area contributed by atoms with Crippen molar-refractivity contribution in [3.8, 4) is 0 Å². The summed E-state index contributed by atoms with van der Waals surface area (Å²) in [6.07, 6.45) is 2.65. The normalized spacial score (nSPS) is 22.4. The van der Waals surface area contributed by atoms with Crippen LogP contribution in [0.2, 0.25) is 0 Å². The first-order valence-corrected chi connectivity index (χ1v) is 6.58. The molecule has 0 aromatic carbocycles. The zero-order chi connectivity index (χ0) is 9.36. The number of hydrogen-bond acceptors (Lipinski definition) is 3. The third-order valence-corrected chi connectivity index (χ3v) is 3.59. The summed E-state index contributed by atoms with van der Waals surface area (Å²) < 4.78 is 0. The fraction of sp³-hybridized carbons (Fsp3) is 1.00. The third kappa shape index (κ3) is 5.55. The molecular weight excluding hydrogens is 180 g/mol. The molecule has 3 heteroatoms. The highest BCUT2D eigenvalue weighted by molar-refractivity contribution is 7.99. The summed E-state index contributed by atoms with van der Waals surface area (Å²) in [6, 6.07) is 0. The van der Waals surface area contributed by atoms with Gasteiger partial charge in [0.25, 0.3) is 0 Å². The molecule has 0 saturated carbocycles. The van der Waals surface area contributed by atoms with Gasteiger partial charge < -0.3 is 10.6 Å². The lowest BCUT2D eigenvalue weighted by Gasteiger charge is -2.09. The molecule has 0 spiro atoms. The lowest BCUT2D eigenvalue weighted by atomic mass is 10.1. The van der Waals surface area contributed by atoms with E-state index in [1.807, 2.05) is 0 Å². The van der Waals surface area contributed by atoms with E-state index in [-0.39, 0.29) is 0 Å². The number of hydrogen-bond donors (Lipinski definition) is 2. The van der Waals surface area contributed by atoms with E-state index in [1.54, 1.807) is 0 Å². The minimum Gasteiger partial charge on any atom is -0.315 e. The molecule has 1 aliphatic rings. The monoisotopic (exact) mass is 202 g/mol. The summed E-state index contributed by atoms with van der Waals surface area (Å²) in [5.74, 6) is 3.69. The molecule has 1 heterocycles. The van der Waals surface area contributed by atoms with Crippen LogP contribution in [-0.2, 0) is 0 Å². The van der Waals surface area contributed by atoms with Crippen molar-refractivity contribution in [2.75, 3.05) is 37.7 Å². The Hall–Kier alpha value is 0.270. The van der Waals surface area contributed by atoms with Gasteiger partial charge in [0, 0.05) is 13.1 Å². The molecule has 0 radical (unpaired) electrons. The van der Waals surface area contributed by atoms with Gasteiger partial charge in [-0.1, -0.05) is 6.92 Å². The number of thioether (sulfide) groups is 1. The molecule has 0 aliphatic carbocycles. The minimum absolute atomic E-state index is 0.941. The molecule has 0 aromatic heterocycles. The van der Waals surface area contributed by atoms with Crippen LogP contribution in [0.1, 0.15) is 19.8 Å². The predicted octanol–water partition coefficient (Wildman–Crippen LogP) is 1.33. The molecule has 1 aliphatic heterocycles. The van der Waals surface area contributed by atoms with Crippen molar-refractivity contribution in [1.82, 2.24) is 10.6 Å². The standard InChI is InChI=1S/C10H22N2S/c1-2-4-11-5-6-12-8-10-3-7-13-9-10/h10-12H,2-9H2,1H3. The molecule has 0 bridgehead atoms. The first-order chi connectivity index (χ1) is 6.43. The Bertz CT molecular complexity index is 113. The van der Waals surface area contributed by atoms with Crippen molar-refractivity contribution >= 4 is 11.8 Å². The zero-order valence-electron chi connectivity index (χ0n) is 8.64. The number of rotatable bonds is 7. The van der Waals surface area contributed by atoms with Crippen molar-refractivity contribution in [3.63, 3.8) is 0 Å². The molecule has 1 fully saturated rings. The molecule has 1 saturated heterocycles. The van der Waals surface area contributed by atoms with Gasteiger partial charge in [0.05, 0.1) is 0 Å². The summed E-state index contributed by atoms with van der Waals surface area (Å²) in [5, 5.41) is 6.90. The molecule has 2 nitrogen and oxygen atoms in total. The van der Waals surface area contributed by atoms with Crippen LogP contribution in [0.4, 0.5) is 0 Å². The van der Waals surface area contributed by atoms with E-state index < -0.39 is 0 Å². The Morgan fingerprint density at radius 1 is 1.23 bits per heavy atom. The zero-order valence-corrected chi connectivity index (χ0v) is 9.46. The maximum absolute atomic E-state index is 3.51. The van der Waals surface area contributed by atoms with Gasteiger partial charge in [-0.05, 0) is 43.4 Å². The van der Waals surface area contributed by atoms with Crippen LogP contribution < -0.4 is 10.6 Å². The van der Waals surface area contributed by atoms with Gasteiger partial charge in [-0.25, -0.2) is 0 Å². The van der Waals surface area contributed by atoms with E-state index in [2.05, 4.69) is 29.3 Å². The Morgan fingerprint density at radius 3 is 2.77 bits per heavy atom. The fourth-order valence-corrected chi connectivity index (χ4v) is 2.81. The van der Waals surface area contributed by atoms with Crippen molar-refractivity contribution in [1.29, 1.82) is 0 Å². The Balaban J connectivity index is 1.78. The summed E-state index contributed by atoms with van der Waals surface area (Å²) in [4.78, 5) is 0. The largest absolute Gasteiger partial charge is 0.315 e. The Morgan fingerprint density at radius 2 is 2.08 bits per heavy atom. The van der Waals surface area contributed by atoms with Crippen molar-refractivity contribution in [2.24, 2.45) is 5.92 Å². The van der Waals surface area contributed by atoms with E-state index in [0.717, 1.165) is 25.6 Å². The highest BCUT2D eigenvalue weighted by Crippen LogP contribution is 2.22. The topological polar surface area (TPSA) is 24.1 Å². The van der Waals surface area contributed by atoms with Crippen molar-refractivity contribution < 1.29 is 0 Å². The summed E-state index contributed by atoms with van der Waals surface area (Å²) in [7, 11) is 0. The first kappa shape index (κ1) is 11.3. The second kappa shape index (κ2) is 7.65. The third-order valence-electron chi connectivity index (χ3n) is 2.36. The second-order valence-corrected chi connectivity index (χ2v) is 4.83. The Kier molecular flexibility index (Phi) is 6.68. The lowest BCUT2D eigenvalue weighted by Crippen LogP contribution is -2.31. The van der Waals surface area contributed by atoms with E-state index >= 15 is 0 Å². The van der Waals surface area contributed by atoms with Crippen molar-refractivity contribution in [2.45, 2.75) is 19.8 Å². The van der Waals surface area contributed by atoms with Crippen molar-refractivity contribution in [3.05, 3.63) is 0 Å². The van der Waals surface area contributed by atoms with Crippen LogP contribution in [0.25, 0.3) is 0 Å². The van der Waals surface area contributed by atoms with Gasteiger partial charge in [-0.15, -0.1) is 0 Å². The van der Waals surface area contributed by atoms with E-state index in [9.17, 15) is 0 Å². The van der Waals surface area contributed by atoms with Crippen LogP contribution in [0, 0.1) is 5.92 Å². The van der Waals surface area contributed by atoms with Gasteiger partial charge >= 0.3 is 0 Å². The number of nitrogens with one attached hydrogen (secondary N) is 2. The summed E-state index contributed by atoms with van der Waals surface area (Å²) >= 11 is 2.10. The molecule has 0 amide bonds. The van der Waals surface area contributed by atoms with Crippen LogP contribution in [0.15, 0.2) is 0 Å². The van der Waals surface area contributed by atoms with E-state index in [1.165, 1.54) is 30.9 Å². The summed E-state index contributed by atoms with van der Waals surface area (Å²) in [5.41, 5.74) is 0. The maximum Gasteiger partial charge on any atom is 0.00768 e. The molecule has 0 aromatic rings. The molecule has 78 valence electrons. The van der Waals surface area contributed by atoms with Gasteiger partial charge in [-0.3, -0.25) is 0 Å². The molecule has 1 rings (SSSR count). The highest BCUT2D eigenvalue weighted by atomic mass is 32.2. The fourth-order valence-electron chi connectivity index (χ4n) is 1.53. The lowest BCUT2D eigenvalue weighted by molar-refractivity contribution is 0.512. The second-order valence-electron chi connectivity index (χ2n) is 3.68. The van der Waals surface area contributed by atoms with E-state index in [0.29, 0.717) is 0 Å². The van der Waals surface area contributed by atoms with Crippen LogP contribution in [0.5, 0.6) is 0 Å². The summed E-state index contributed by atoms with van der Waals surface area (Å²) in [6.45, 7) is 6.83. The average Bonchev–Trinajstić information content (AvgIpc) is 2.63. The van der Waals surface area contributed by atoms with Crippen LogP contribution in [0.3, 0.4) is 0 Å². The first-order valence-electron chi connectivity index (χ1n) is 5.42. The average molecular weight is 202 g/mol. The maximum atomic E-state index is 3.51. The molecule has 1 atom stereocenters.